The average Bonchev–Trinajstić information content (AvgIpc) is 2.80. The molecule has 33 heavy (non-hydrogen) atoms. The molecule has 1 heterocycles. The van der Waals surface area contributed by atoms with Crippen molar-refractivity contribution in [2.75, 3.05) is 20.7 Å². The van der Waals surface area contributed by atoms with Gasteiger partial charge in [0.05, 0.1) is 12.7 Å². The number of aliphatic hydroxyl groups is 1. The summed E-state index contributed by atoms with van der Waals surface area (Å²) in [6.07, 6.45) is 3.37. The Morgan fingerprint density at radius 3 is 2.67 bits per heavy atom. The summed E-state index contributed by atoms with van der Waals surface area (Å²) in [6.45, 7) is 8.97. The van der Waals surface area contributed by atoms with Crippen molar-refractivity contribution in [2.24, 2.45) is 5.73 Å². The van der Waals surface area contributed by atoms with E-state index in [0.29, 0.717) is 19.3 Å². The summed E-state index contributed by atoms with van der Waals surface area (Å²) >= 11 is 0. The third-order valence-electron chi connectivity index (χ3n) is 6.74. The molecule has 0 saturated heterocycles. The fourth-order valence-electron chi connectivity index (χ4n) is 4.46. The lowest BCUT2D eigenvalue weighted by Gasteiger charge is -2.42. The van der Waals surface area contributed by atoms with E-state index < -0.39 is 17.1 Å². The number of aromatic nitrogens is 1. The summed E-state index contributed by atoms with van der Waals surface area (Å²) < 4.78 is 5.33. The smallest absolute Gasteiger partial charge is 0.261 e. The topological polar surface area (TPSA) is 109 Å². The molecule has 4 N–H and O–H groups in total. The van der Waals surface area contributed by atoms with Crippen molar-refractivity contribution < 1.29 is 14.6 Å². The Kier molecular flexibility index (Phi) is 9.25. The second-order valence-electron chi connectivity index (χ2n) is 8.71. The number of fused-ring (bicyclic) bond motifs is 1. The van der Waals surface area contributed by atoms with Crippen molar-refractivity contribution in [3.05, 3.63) is 62.6 Å². The molecule has 7 nitrogen and oxygen atoms in total. The quantitative estimate of drug-likeness (QED) is 0.565. The number of hydrogen-bond acceptors (Lipinski definition) is 5. The van der Waals surface area contributed by atoms with Crippen LogP contribution < -0.4 is 16.0 Å². The van der Waals surface area contributed by atoms with Crippen LogP contribution in [0.25, 0.3) is 0 Å². The molecule has 0 fully saturated rings. The summed E-state index contributed by atoms with van der Waals surface area (Å²) in [4.78, 5) is 28.5. The van der Waals surface area contributed by atoms with E-state index in [1.54, 1.807) is 13.2 Å². The van der Waals surface area contributed by atoms with Crippen LogP contribution in [-0.2, 0) is 19.3 Å². The van der Waals surface area contributed by atoms with Gasteiger partial charge in [-0.25, -0.2) is 0 Å². The van der Waals surface area contributed by atoms with Crippen LogP contribution in [-0.4, -0.2) is 53.2 Å². The first kappa shape index (κ1) is 26.6. The van der Waals surface area contributed by atoms with E-state index in [4.69, 9.17) is 10.5 Å². The first-order valence-electron chi connectivity index (χ1n) is 11.8. The van der Waals surface area contributed by atoms with E-state index in [1.807, 2.05) is 33.9 Å². The Hall–Kier alpha value is -2.64. The van der Waals surface area contributed by atoms with Crippen molar-refractivity contribution in [1.29, 1.82) is 0 Å². The molecule has 0 bridgehead atoms. The molecule has 3 rings (SSSR count). The molecule has 1 aliphatic carbocycles. The van der Waals surface area contributed by atoms with Gasteiger partial charge in [-0.15, -0.1) is 0 Å². The summed E-state index contributed by atoms with van der Waals surface area (Å²) in [5.41, 5.74) is 7.94. The summed E-state index contributed by atoms with van der Waals surface area (Å²) in [6, 6.07) is 7.59. The highest BCUT2D eigenvalue weighted by Crippen LogP contribution is 2.32. The van der Waals surface area contributed by atoms with E-state index in [2.05, 4.69) is 28.9 Å². The number of likely N-dealkylation sites (N-methyl/N-ethyl adjacent to an activating group) is 1. The summed E-state index contributed by atoms with van der Waals surface area (Å²) in [5, 5.41) is 11.4. The van der Waals surface area contributed by atoms with Gasteiger partial charge < -0.3 is 25.5 Å². The maximum atomic E-state index is 12.0. The molecule has 1 amide bonds. The van der Waals surface area contributed by atoms with Crippen LogP contribution in [0.5, 0.6) is 5.75 Å². The molecular formula is C26H39N3O4. The van der Waals surface area contributed by atoms with Crippen LogP contribution in [0, 0.1) is 6.92 Å². The summed E-state index contributed by atoms with van der Waals surface area (Å²) in [7, 11) is 3.70. The maximum Gasteiger partial charge on any atom is 0.261 e. The Morgan fingerprint density at radius 1 is 1.33 bits per heavy atom. The Balaban J connectivity index is 0.00000187. The fraction of sp³-hybridized carbons (Fsp3) is 0.538. The van der Waals surface area contributed by atoms with Gasteiger partial charge >= 0.3 is 0 Å². The molecule has 2 aromatic rings. The number of carbonyl (C=O) groups is 1. The molecule has 182 valence electrons. The monoisotopic (exact) mass is 457 g/mol. The molecule has 0 spiro atoms. The predicted molar refractivity (Wildman–Crippen MR) is 132 cm³/mol. The molecule has 0 radical (unpaired) electrons. The maximum absolute atomic E-state index is 12.0. The third kappa shape index (κ3) is 6.24. The lowest BCUT2D eigenvalue weighted by Crippen LogP contribution is -2.53. The van der Waals surface area contributed by atoms with E-state index in [1.165, 1.54) is 11.1 Å². The number of aromatic amines is 1. The van der Waals surface area contributed by atoms with Gasteiger partial charge in [-0.1, -0.05) is 19.9 Å². The van der Waals surface area contributed by atoms with Crippen LogP contribution in [0.3, 0.4) is 0 Å². The van der Waals surface area contributed by atoms with Crippen LogP contribution in [0.15, 0.2) is 29.1 Å². The first-order valence-corrected chi connectivity index (χ1v) is 11.8. The number of H-pyrrole nitrogens is 1. The minimum atomic E-state index is -0.944. The number of rotatable bonds is 8. The highest BCUT2D eigenvalue weighted by Gasteiger charge is 2.39. The zero-order valence-corrected chi connectivity index (χ0v) is 20.8. The van der Waals surface area contributed by atoms with Gasteiger partial charge in [-0.05, 0) is 88.0 Å². The van der Waals surface area contributed by atoms with Gasteiger partial charge in [-0.2, -0.15) is 0 Å². The standard InChI is InChI=1S/C24H33N3O4.C2H6/c1-15-7-8-19(31-4)12-17(15)6-5-11-27(3)16(2)24(30)10-9-21-18(14-24)13-20(22(25)28)23(29)26-21;1-2/h7-8,12-13,16,30H,5-6,9-11,14H2,1-4H3,(H2,25,28)(H,26,29);1-2H3. The molecule has 7 heteroatoms. The molecule has 0 aliphatic heterocycles. The van der Waals surface area contributed by atoms with E-state index in [0.717, 1.165) is 36.4 Å². The van der Waals surface area contributed by atoms with Gasteiger partial charge in [0.2, 0.25) is 0 Å². The number of amides is 1. The number of nitrogens with zero attached hydrogens (tertiary/aromatic N) is 1. The van der Waals surface area contributed by atoms with E-state index >= 15 is 0 Å². The molecule has 2 unspecified atom stereocenters. The molecule has 1 aromatic heterocycles. The van der Waals surface area contributed by atoms with Crippen molar-refractivity contribution >= 4 is 5.91 Å². The number of pyridine rings is 1. The Labute approximate surface area is 197 Å². The number of carbonyl (C=O) groups excluding carboxylic acids is 1. The SMILES string of the molecule is CC.COc1ccc(C)c(CCCN(C)C(C)C2(O)CCc3[nH]c(=O)c(C(N)=O)cc3C2)c1. The number of aryl methyl sites for hydroxylation is 3. The third-order valence-corrected chi connectivity index (χ3v) is 6.74. The summed E-state index contributed by atoms with van der Waals surface area (Å²) in [5.74, 6) is 0.113. The molecule has 0 saturated carbocycles. The van der Waals surface area contributed by atoms with Crippen molar-refractivity contribution in [1.82, 2.24) is 9.88 Å². The second kappa shape index (κ2) is 11.5. The minimum Gasteiger partial charge on any atom is -0.497 e. The number of ether oxygens (including phenoxy) is 1. The zero-order chi connectivity index (χ0) is 24.8. The number of benzene rings is 1. The largest absolute Gasteiger partial charge is 0.497 e. The molecule has 1 aromatic carbocycles. The molecular weight excluding hydrogens is 418 g/mol. The van der Waals surface area contributed by atoms with Crippen LogP contribution in [0.2, 0.25) is 0 Å². The van der Waals surface area contributed by atoms with Crippen molar-refractivity contribution in [3.8, 4) is 5.75 Å². The number of methoxy groups -OCH3 is 1. The Morgan fingerprint density at radius 2 is 2.03 bits per heavy atom. The van der Waals surface area contributed by atoms with Gasteiger partial charge in [0.25, 0.3) is 11.5 Å². The number of nitrogens with one attached hydrogen (secondary N) is 1. The van der Waals surface area contributed by atoms with Crippen molar-refractivity contribution in [3.63, 3.8) is 0 Å². The predicted octanol–water partition coefficient (Wildman–Crippen LogP) is 2.99. The van der Waals surface area contributed by atoms with Gasteiger partial charge in [-0.3, -0.25) is 9.59 Å². The first-order chi connectivity index (χ1) is 15.6. The molecule has 1 aliphatic rings. The highest BCUT2D eigenvalue weighted by molar-refractivity contribution is 5.92. The van der Waals surface area contributed by atoms with Crippen LogP contribution in [0.1, 0.15) is 66.4 Å². The van der Waals surface area contributed by atoms with Gasteiger partial charge in [0.15, 0.2) is 0 Å². The average molecular weight is 458 g/mol. The number of nitrogens with two attached hydrogens (primary N) is 1. The fourth-order valence-corrected chi connectivity index (χ4v) is 4.46. The minimum absolute atomic E-state index is 0.0577. The van der Waals surface area contributed by atoms with Gasteiger partial charge in [0.1, 0.15) is 11.3 Å². The lowest BCUT2D eigenvalue weighted by atomic mass is 9.77. The van der Waals surface area contributed by atoms with Crippen LogP contribution >= 0.6 is 0 Å². The van der Waals surface area contributed by atoms with Crippen LogP contribution in [0.4, 0.5) is 0 Å². The second-order valence-corrected chi connectivity index (χ2v) is 8.71. The number of hydrogen-bond donors (Lipinski definition) is 3. The number of primary amides is 1. The molecule has 2 atom stereocenters. The zero-order valence-electron chi connectivity index (χ0n) is 20.8. The highest BCUT2D eigenvalue weighted by atomic mass is 16.5. The Bertz CT molecular complexity index is 1020. The lowest BCUT2D eigenvalue weighted by molar-refractivity contribution is -0.0440. The van der Waals surface area contributed by atoms with E-state index in [-0.39, 0.29) is 11.6 Å². The van der Waals surface area contributed by atoms with Gasteiger partial charge in [0, 0.05) is 18.2 Å². The normalized spacial score (nSPS) is 18.2. The van der Waals surface area contributed by atoms with E-state index in [9.17, 15) is 14.7 Å². The van der Waals surface area contributed by atoms with Crippen molar-refractivity contribution in [2.45, 2.75) is 71.4 Å².